The molecule has 3 unspecified atom stereocenters. The van der Waals surface area contributed by atoms with Gasteiger partial charge in [-0.25, -0.2) is 4.79 Å². The van der Waals surface area contributed by atoms with Crippen LogP contribution >= 0.6 is 0 Å². The van der Waals surface area contributed by atoms with Gasteiger partial charge in [0.05, 0.1) is 47.2 Å². The number of ether oxygens (including phenoxy) is 5. The number of piperidine rings is 1. The summed E-state index contributed by atoms with van der Waals surface area (Å²) in [5, 5.41) is 12.0. The average Bonchev–Trinajstić information content (AvgIpc) is 3.09. The Bertz CT molecular complexity index is 1610. The normalized spacial score (nSPS) is 17.3. The number of carboxylic acid groups (broad SMARTS) is 1. The molecule has 3 atom stereocenters. The van der Waals surface area contributed by atoms with Gasteiger partial charge in [0.15, 0.2) is 6.79 Å². The first-order chi connectivity index (χ1) is 23.2. The number of nitrogens with zero attached hydrogens (tertiary/aromatic N) is 1. The van der Waals surface area contributed by atoms with E-state index in [1.165, 1.54) is 10.3 Å². The Morgan fingerprint density at radius 2 is 1.65 bits per heavy atom. The molecule has 1 saturated heterocycles. The van der Waals surface area contributed by atoms with Gasteiger partial charge >= 0.3 is 6.09 Å². The van der Waals surface area contributed by atoms with Crippen molar-refractivity contribution in [3.63, 3.8) is 0 Å². The summed E-state index contributed by atoms with van der Waals surface area (Å²) in [5.74, 6) is 1.67. The van der Waals surface area contributed by atoms with Crippen LogP contribution in [0.25, 0.3) is 10.8 Å². The Labute approximate surface area is 285 Å². The second-order valence-corrected chi connectivity index (χ2v) is 19.1. The van der Waals surface area contributed by atoms with Gasteiger partial charge in [-0.2, -0.15) is 0 Å². The summed E-state index contributed by atoms with van der Waals surface area (Å²) >= 11 is 0. The fraction of sp³-hybridized carbons (Fsp3) is 0.410. The van der Waals surface area contributed by atoms with Crippen LogP contribution in [-0.4, -0.2) is 69.1 Å². The highest BCUT2D eigenvalue weighted by atomic mass is 28.3. The molecule has 8 nitrogen and oxygen atoms in total. The van der Waals surface area contributed by atoms with E-state index in [-0.39, 0.29) is 24.5 Å². The van der Waals surface area contributed by atoms with Crippen LogP contribution in [0.4, 0.5) is 4.79 Å². The summed E-state index contributed by atoms with van der Waals surface area (Å²) in [6.45, 7) is 12.0. The fourth-order valence-electron chi connectivity index (χ4n) is 5.73. The molecule has 0 bridgehead atoms. The van der Waals surface area contributed by atoms with Crippen molar-refractivity contribution in [1.82, 2.24) is 4.90 Å². The smallest absolute Gasteiger partial charge is 0.407 e. The van der Waals surface area contributed by atoms with Gasteiger partial charge in [-0.1, -0.05) is 86.4 Å². The largest absolute Gasteiger partial charge is 0.494 e. The first-order valence-corrected chi connectivity index (χ1v) is 20.4. The molecular weight excluding hydrogens is 623 g/mol. The quantitative estimate of drug-likeness (QED) is 0.0726. The second-order valence-electron chi connectivity index (χ2n) is 13.5. The Hall–Kier alpha value is -3.89. The minimum atomic E-state index is -1.37. The van der Waals surface area contributed by atoms with E-state index in [0.717, 1.165) is 40.0 Å². The molecule has 0 aromatic heterocycles. The van der Waals surface area contributed by atoms with Crippen molar-refractivity contribution in [1.29, 1.82) is 0 Å². The summed E-state index contributed by atoms with van der Waals surface area (Å²) < 4.78 is 30.2. The number of hydrogen-bond donors (Lipinski definition) is 1. The highest BCUT2D eigenvalue weighted by Crippen LogP contribution is 2.32. The van der Waals surface area contributed by atoms with Gasteiger partial charge in [-0.3, -0.25) is 0 Å². The number of rotatable bonds is 16. The summed E-state index contributed by atoms with van der Waals surface area (Å²) in [5.41, 5.74) is 3.40. The molecule has 0 saturated carbocycles. The van der Waals surface area contributed by atoms with E-state index >= 15 is 0 Å². The molecule has 9 heteroatoms. The van der Waals surface area contributed by atoms with Gasteiger partial charge in [-0.15, -0.1) is 0 Å². The molecule has 0 aliphatic carbocycles. The number of para-hydroxylation sites is 1. The molecule has 0 radical (unpaired) electrons. The van der Waals surface area contributed by atoms with E-state index in [9.17, 15) is 9.90 Å². The lowest BCUT2D eigenvalue weighted by molar-refractivity contribution is -0.0199. The van der Waals surface area contributed by atoms with E-state index in [1.54, 1.807) is 0 Å². The van der Waals surface area contributed by atoms with Gasteiger partial charge in [0.2, 0.25) is 0 Å². The molecule has 5 rings (SSSR count). The predicted octanol–water partition coefficient (Wildman–Crippen LogP) is 8.50. The number of benzene rings is 4. The van der Waals surface area contributed by atoms with Crippen molar-refractivity contribution in [2.24, 2.45) is 0 Å². The number of hydrogen-bond acceptors (Lipinski definition) is 6. The first-order valence-electron chi connectivity index (χ1n) is 16.9. The van der Waals surface area contributed by atoms with Crippen LogP contribution in [0.3, 0.4) is 0 Å². The van der Waals surface area contributed by atoms with E-state index in [0.29, 0.717) is 45.9 Å². The zero-order valence-electron chi connectivity index (χ0n) is 28.6. The summed E-state index contributed by atoms with van der Waals surface area (Å²) in [6.07, 6.45) is 0.294. The highest BCUT2D eigenvalue weighted by Gasteiger charge is 2.33. The van der Waals surface area contributed by atoms with Gasteiger partial charge in [0, 0.05) is 30.2 Å². The van der Waals surface area contributed by atoms with E-state index < -0.39 is 14.2 Å². The molecule has 1 N–H and O–H groups in total. The molecule has 0 spiro atoms. The molecule has 1 fully saturated rings. The van der Waals surface area contributed by atoms with Crippen molar-refractivity contribution in [3.8, 4) is 11.5 Å². The van der Waals surface area contributed by atoms with Crippen molar-refractivity contribution in [2.75, 3.05) is 33.1 Å². The third-order valence-electron chi connectivity index (χ3n) is 9.10. The lowest BCUT2D eigenvalue weighted by Gasteiger charge is -2.37. The maximum absolute atomic E-state index is 11.8. The van der Waals surface area contributed by atoms with Crippen molar-refractivity contribution in [2.45, 2.75) is 70.4 Å². The van der Waals surface area contributed by atoms with Crippen LogP contribution in [-0.2, 0) is 27.4 Å². The number of likely N-dealkylation sites (tertiary alicyclic amines) is 1. The highest BCUT2D eigenvalue weighted by molar-refractivity contribution is 6.77. The molecule has 4 aromatic carbocycles. The maximum Gasteiger partial charge on any atom is 0.407 e. The Morgan fingerprint density at radius 1 is 0.896 bits per heavy atom. The minimum absolute atomic E-state index is 0.0886. The van der Waals surface area contributed by atoms with Crippen molar-refractivity contribution < 1.29 is 33.6 Å². The molecule has 1 aliphatic rings. The molecule has 48 heavy (non-hydrogen) atoms. The monoisotopic (exact) mass is 671 g/mol. The van der Waals surface area contributed by atoms with Crippen LogP contribution < -0.4 is 9.47 Å². The third kappa shape index (κ3) is 10.1. The van der Waals surface area contributed by atoms with E-state index in [1.807, 2.05) is 48.5 Å². The van der Waals surface area contributed by atoms with Crippen LogP contribution in [0.5, 0.6) is 11.5 Å². The van der Waals surface area contributed by atoms with Crippen LogP contribution in [0.15, 0.2) is 91.0 Å². The Balaban J connectivity index is 1.07. The van der Waals surface area contributed by atoms with E-state index in [4.69, 9.17) is 23.7 Å². The molecule has 1 heterocycles. The summed E-state index contributed by atoms with van der Waals surface area (Å²) in [4.78, 5) is 13.2. The summed E-state index contributed by atoms with van der Waals surface area (Å²) in [6, 6.07) is 30.6. The average molecular weight is 672 g/mol. The first kappa shape index (κ1) is 35.4. The lowest BCUT2D eigenvalue weighted by Crippen LogP contribution is -2.46. The molecular formula is C39H49NO7Si. The SMILES string of the molecule is CC(OCOc1ccccc1COCCCOc1ccc(C2CCN(C(=O)O)CC2OCc2ccc3ccccc3c2)cc1)[Si](C)(C)C. The van der Waals surface area contributed by atoms with Crippen LogP contribution in [0.2, 0.25) is 19.6 Å². The Morgan fingerprint density at radius 3 is 2.42 bits per heavy atom. The second kappa shape index (κ2) is 17.0. The van der Waals surface area contributed by atoms with Gasteiger partial charge < -0.3 is 33.7 Å². The van der Waals surface area contributed by atoms with Crippen LogP contribution in [0.1, 0.15) is 42.4 Å². The van der Waals surface area contributed by atoms with Gasteiger partial charge in [0.1, 0.15) is 11.5 Å². The minimum Gasteiger partial charge on any atom is -0.494 e. The van der Waals surface area contributed by atoms with Crippen LogP contribution in [0, 0.1) is 0 Å². The number of amides is 1. The fourth-order valence-corrected chi connectivity index (χ4v) is 6.30. The van der Waals surface area contributed by atoms with Crippen molar-refractivity contribution in [3.05, 3.63) is 108 Å². The molecule has 4 aromatic rings. The number of fused-ring (bicyclic) bond motifs is 1. The third-order valence-corrected chi connectivity index (χ3v) is 11.7. The lowest BCUT2D eigenvalue weighted by atomic mass is 9.87. The maximum atomic E-state index is 11.8. The van der Waals surface area contributed by atoms with Gasteiger partial charge in [-0.05, 0) is 59.5 Å². The standard InChI is InChI=1S/C39H49NO7Si/c1-29(48(2,3)4)46-28-47-37-13-8-7-12-34(37)27-43-22-9-23-44-35-18-16-32(17-19-35)36-20-21-40(39(41)42)25-38(36)45-26-30-14-15-31-10-5-6-11-33(31)24-30/h5-8,10-19,24,29,36,38H,9,20-23,25-28H2,1-4H3,(H,41,42). The zero-order chi connectivity index (χ0) is 33.9. The summed E-state index contributed by atoms with van der Waals surface area (Å²) in [7, 11) is -1.37. The molecule has 1 aliphatic heterocycles. The zero-order valence-corrected chi connectivity index (χ0v) is 29.6. The number of carbonyl (C=O) groups is 1. The Kier molecular flexibility index (Phi) is 12.5. The van der Waals surface area contributed by atoms with E-state index in [2.05, 4.69) is 69.0 Å². The molecule has 1 amide bonds. The van der Waals surface area contributed by atoms with Crippen molar-refractivity contribution >= 4 is 24.9 Å². The topological polar surface area (TPSA) is 86.7 Å². The molecule has 256 valence electrons. The predicted molar refractivity (Wildman–Crippen MR) is 192 cm³/mol. The van der Waals surface area contributed by atoms with Gasteiger partial charge in [0.25, 0.3) is 0 Å².